The number of hydrogen-bond acceptors (Lipinski definition) is 4. The Morgan fingerprint density at radius 1 is 1.29 bits per heavy atom. The van der Waals surface area contributed by atoms with E-state index in [1.54, 1.807) is 48.4 Å². The molecule has 5 heteroatoms. The van der Waals surface area contributed by atoms with Crippen LogP contribution in [0, 0.1) is 0 Å². The van der Waals surface area contributed by atoms with Gasteiger partial charge in [-0.25, -0.2) is 0 Å². The standard InChI is InChI=1S/C19H16N2O2S/c22-18(2-1-14-6-11-23-13-14)21-10-5-17-16(7-12-24-17)19(21)15-3-8-20-9-4-15/h1-4,6-9,11-13,19H,5,10H2/b2-1+. The number of nitrogens with zero attached hydrogens (tertiary/aromatic N) is 2. The number of amides is 1. The summed E-state index contributed by atoms with van der Waals surface area (Å²) >= 11 is 1.76. The summed E-state index contributed by atoms with van der Waals surface area (Å²) in [6.45, 7) is 0.717. The van der Waals surface area contributed by atoms with E-state index in [0.717, 1.165) is 24.1 Å². The number of carbonyl (C=O) groups is 1. The first kappa shape index (κ1) is 14.9. The molecular formula is C19H16N2O2S. The van der Waals surface area contributed by atoms with Crippen LogP contribution in [0.5, 0.6) is 0 Å². The van der Waals surface area contributed by atoms with E-state index in [1.165, 1.54) is 10.4 Å². The minimum atomic E-state index is -0.0514. The van der Waals surface area contributed by atoms with Crippen molar-refractivity contribution < 1.29 is 9.21 Å². The third-order valence-electron chi connectivity index (χ3n) is 4.23. The first-order valence-electron chi connectivity index (χ1n) is 7.80. The number of rotatable bonds is 3. The molecule has 0 radical (unpaired) electrons. The number of furan rings is 1. The summed E-state index contributed by atoms with van der Waals surface area (Å²) in [6.07, 6.45) is 11.1. The van der Waals surface area contributed by atoms with Gasteiger partial charge >= 0.3 is 0 Å². The van der Waals surface area contributed by atoms with Crippen LogP contribution in [0.15, 0.2) is 65.1 Å². The van der Waals surface area contributed by atoms with Crippen LogP contribution in [-0.4, -0.2) is 22.3 Å². The summed E-state index contributed by atoms with van der Waals surface area (Å²) in [5.41, 5.74) is 3.20. The molecule has 0 aromatic carbocycles. The van der Waals surface area contributed by atoms with Crippen molar-refractivity contribution in [1.82, 2.24) is 9.88 Å². The smallest absolute Gasteiger partial charge is 0.247 e. The van der Waals surface area contributed by atoms with Crippen molar-refractivity contribution in [2.24, 2.45) is 0 Å². The molecule has 0 fully saturated rings. The lowest BCUT2D eigenvalue weighted by atomic mass is 9.94. The average molecular weight is 336 g/mol. The summed E-state index contributed by atoms with van der Waals surface area (Å²) in [5.74, 6) is 0.00913. The predicted molar refractivity (Wildman–Crippen MR) is 93.6 cm³/mol. The van der Waals surface area contributed by atoms with Gasteiger partial charge in [0.2, 0.25) is 5.91 Å². The van der Waals surface area contributed by atoms with Crippen LogP contribution in [0.1, 0.15) is 27.6 Å². The molecule has 1 aliphatic heterocycles. The molecule has 4 rings (SSSR count). The lowest BCUT2D eigenvalue weighted by molar-refractivity contribution is -0.127. The minimum absolute atomic E-state index is 0.00913. The molecule has 0 N–H and O–H groups in total. The first-order chi connectivity index (χ1) is 11.8. The minimum Gasteiger partial charge on any atom is -0.472 e. The number of fused-ring (bicyclic) bond motifs is 1. The molecule has 1 amide bonds. The number of thiophene rings is 1. The zero-order valence-corrected chi connectivity index (χ0v) is 13.8. The van der Waals surface area contributed by atoms with E-state index in [9.17, 15) is 4.79 Å². The maximum absolute atomic E-state index is 12.8. The quantitative estimate of drug-likeness (QED) is 0.681. The van der Waals surface area contributed by atoms with Crippen LogP contribution in [0.2, 0.25) is 0 Å². The topological polar surface area (TPSA) is 46.3 Å². The monoisotopic (exact) mass is 336 g/mol. The molecule has 4 nitrogen and oxygen atoms in total. The lowest BCUT2D eigenvalue weighted by Crippen LogP contribution is -2.39. The van der Waals surface area contributed by atoms with Gasteiger partial charge in [-0.15, -0.1) is 11.3 Å². The van der Waals surface area contributed by atoms with Gasteiger partial charge in [0, 0.05) is 35.5 Å². The maximum atomic E-state index is 12.8. The van der Waals surface area contributed by atoms with E-state index in [0.29, 0.717) is 0 Å². The Morgan fingerprint density at radius 2 is 2.17 bits per heavy atom. The van der Waals surface area contributed by atoms with E-state index in [4.69, 9.17) is 4.42 Å². The molecular weight excluding hydrogens is 320 g/mol. The Labute approximate surface area is 144 Å². The molecule has 1 atom stereocenters. The largest absolute Gasteiger partial charge is 0.472 e. The second-order valence-electron chi connectivity index (χ2n) is 5.65. The molecule has 1 aliphatic rings. The summed E-state index contributed by atoms with van der Waals surface area (Å²) in [6, 6.07) is 7.88. The van der Waals surface area contributed by atoms with Gasteiger partial charge in [0.1, 0.15) is 0 Å². The highest BCUT2D eigenvalue weighted by atomic mass is 32.1. The molecule has 0 saturated carbocycles. The van der Waals surface area contributed by atoms with Crippen molar-refractivity contribution in [1.29, 1.82) is 0 Å². The van der Waals surface area contributed by atoms with Gasteiger partial charge in [-0.2, -0.15) is 0 Å². The zero-order chi connectivity index (χ0) is 16.4. The van der Waals surface area contributed by atoms with E-state index >= 15 is 0 Å². The Morgan fingerprint density at radius 3 is 2.96 bits per heavy atom. The highest BCUT2D eigenvalue weighted by molar-refractivity contribution is 7.10. The Hall–Kier alpha value is -2.66. The van der Waals surface area contributed by atoms with Crippen molar-refractivity contribution in [3.05, 3.63) is 82.2 Å². The van der Waals surface area contributed by atoms with Crippen molar-refractivity contribution in [2.75, 3.05) is 6.54 Å². The van der Waals surface area contributed by atoms with Crippen LogP contribution in [0.4, 0.5) is 0 Å². The molecule has 0 aliphatic carbocycles. The molecule has 4 heterocycles. The zero-order valence-electron chi connectivity index (χ0n) is 13.0. The van der Waals surface area contributed by atoms with Gasteiger partial charge in [0.15, 0.2) is 0 Å². The third-order valence-corrected chi connectivity index (χ3v) is 5.23. The average Bonchev–Trinajstić information content (AvgIpc) is 3.30. The van der Waals surface area contributed by atoms with Gasteiger partial charge in [-0.05, 0) is 53.3 Å². The van der Waals surface area contributed by atoms with Gasteiger partial charge in [0.25, 0.3) is 0 Å². The Balaban J connectivity index is 1.67. The molecule has 120 valence electrons. The fourth-order valence-corrected chi connectivity index (χ4v) is 4.00. The van der Waals surface area contributed by atoms with Crippen LogP contribution < -0.4 is 0 Å². The number of carbonyl (C=O) groups excluding carboxylic acids is 1. The fourth-order valence-electron chi connectivity index (χ4n) is 3.09. The summed E-state index contributed by atoms with van der Waals surface area (Å²) in [5, 5.41) is 2.11. The Kier molecular flexibility index (Phi) is 4.01. The third kappa shape index (κ3) is 2.78. The first-order valence-corrected chi connectivity index (χ1v) is 8.68. The second-order valence-corrected chi connectivity index (χ2v) is 6.65. The lowest BCUT2D eigenvalue weighted by Gasteiger charge is -2.35. The van der Waals surface area contributed by atoms with E-state index in [2.05, 4.69) is 16.4 Å². The normalized spacial score (nSPS) is 17.2. The van der Waals surface area contributed by atoms with Crippen LogP contribution in [0.25, 0.3) is 6.08 Å². The van der Waals surface area contributed by atoms with Crippen LogP contribution in [0.3, 0.4) is 0 Å². The van der Waals surface area contributed by atoms with Crippen molar-refractivity contribution in [3.63, 3.8) is 0 Å². The SMILES string of the molecule is O=C(/C=C/c1ccoc1)N1CCc2sccc2C1c1ccncc1. The molecule has 0 saturated heterocycles. The van der Waals surface area contributed by atoms with E-state index in [1.807, 2.05) is 23.1 Å². The number of hydrogen-bond donors (Lipinski definition) is 0. The van der Waals surface area contributed by atoms with Crippen molar-refractivity contribution >= 4 is 23.3 Å². The van der Waals surface area contributed by atoms with Gasteiger partial charge in [0.05, 0.1) is 18.6 Å². The van der Waals surface area contributed by atoms with Crippen LogP contribution in [-0.2, 0) is 11.2 Å². The predicted octanol–water partition coefficient (Wildman–Crippen LogP) is 3.92. The molecule has 1 unspecified atom stereocenters. The fraction of sp³-hybridized carbons (Fsp3) is 0.158. The molecule has 3 aromatic rings. The van der Waals surface area contributed by atoms with Gasteiger partial charge in [-0.3, -0.25) is 9.78 Å². The summed E-state index contributed by atoms with van der Waals surface area (Å²) < 4.78 is 5.04. The maximum Gasteiger partial charge on any atom is 0.247 e. The molecule has 24 heavy (non-hydrogen) atoms. The van der Waals surface area contributed by atoms with Crippen molar-refractivity contribution in [2.45, 2.75) is 12.5 Å². The number of aromatic nitrogens is 1. The summed E-state index contributed by atoms with van der Waals surface area (Å²) in [7, 11) is 0. The van der Waals surface area contributed by atoms with E-state index in [-0.39, 0.29) is 11.9 Å². The van der Waals surface area contributed by atoms with Crippen LogP contribution >= 0.6 is 11.3 Å². The van der Waals surface area contributed by atoms with Crippen molar-refractivity contribution in [3.8, 4) is 0 Å². The molecule has 3 aromatic heterocycles. The van der Waals surface area contributed by atoms with Gasteiger partial charge < -0.3 is 9.32 Å². The molecule has 0 bridgehead atoms. The number of pyridine rings is 1. The molecule has 0 spiro atoms. The Bertz CT molecular complexity index is 853. The van der Waals surface area contributed by atoms with E-state index < -0.39 is 0 Å². The summed E-state index contributed by atoms with van der Waals surface area (Å²) in [4.78, 5) is 20.2. The second kappa shape index (κ2) is 6.45. The van der Waals surface area contributed by atoms with Gasteiger partial charge in [-0.1, -0.05) is 0 Å². The highest BCUT2D eigenvalue weighted by Gasteiger charge is 2.31. The highest BCUT2D eigenvalue weighted by Crippen LogP contribution is 2.37.